The second-order valence-corrected chi connectivity index (χ2v) is 5.72. The van der Waals surface area contributed by atoms with Crippen LogP contribution in [0.5, 0.6) is 0 Å². The van der Waals surface area contributed by atoms with Gasteiger partial charge >= 0.3 is 0 Å². The molecular weight excluding hydrogens is 401 g/mol. The average Bonchev–Trinajstić information content (AvgIpc) is 3.09. The predicted octanol–water partition coefficient (Wildman–Crippen LogP) is 2.48. The van der Waals surface area contributed by atoms with E-state index in [-0.39, 0.29) is 32.7 Å². The molecule has 2 N–H and O–H groups in total. The molecule has 1 heterocycles. The zero-order chi connectivity index (χ0) is 16.1. The van der Waals surface area contributed by atoms with Crippen molar-refractivity contribution < 1.29 is 42.7 Å². The Morgan fingerprint density at radius 1 is 1.33 bits per heavy atom. The molecule has 6 nitrogen and oxygen atoms in total. The van der Waals surface area contributed by atoms with E-state index in [1.807, 2.05) is 36.5 Å². The number of hydrogen-bond acceptors (Lipinski definition) is 5. The fourth-order valence-corrected chi connectivity index (χ4v) is 2.74. The van der Waals surface area contributed by atoms with Crippen LogP contribution >= 0.6 is 11.8 Å². The number of carbonyl (C=O) groups is 1. The van der Waals surface area contributed by atoms with Gasteiger partial charge in [0.2, 0.25) is 0 Å². The van der Waals surface area contributed by atoms with Gasteiger partial charge in [0.1, 0.15) is 0 Å². The van der Waals surface area contributed by atoms with Gasteiger partial charge in [-0.3, -0.25) is 10.0 Å². The summed E-state index contributed by atoms with van der Waals surface area (Å²) in [5.74, 6) is 0.123. The van der Waals surface area contributed by atoms with Crippen molar-refractivity contribution in [3.63, 3.8) is 0 Å². The zero-order valence-corrected chi connectivity index (χ0v) is 16.2. The van der Waals surface area contributed by atoms with Crippen LogP contribution in [0.15, 0.2) is 59.6 Å². The maximum atomic E-state index is 11.4. The Balaban J connectivity index is 0.00000208. The number of rotatable bonds is 5. The molecule has 24 heavy (non-hydrogen) atoms. The maximum Gasteiger partial charge on any atom is 0.274 e. The van der Waals surface area contributed by atoms with E-state index in [1.165, 1.54) is 0 Å². The van der Waals surface area contributed by atoms with Gasteiger partial charge in [0.15, 0.2) is 0 Å². The summed E-state index contributed by atoms with van der Waals surface area (Å²) in [7, 11) is 0. The Bertz CT molecular complexity index is 811. The van der Waals surface area contributed by atoms with E-state index in [1.54, 1.807) is 40.1 Å². The zero-order valence-electron chi connectivity index (χ0n) is 12.6. The van der Waals surface area contributed by atoms with Crippen molar-refractivity contribution in [1.82, 2.24) is 20.5 Å². The molecule has 3 aromatic rings. The van der Waals surface area contributed by atoms with Gasteiger partial charge in [0.05, 0.1) is 17.6 Å². The van der Waals surface area contributed by atoms with Gasteiger partial charge in [0, 0.05) is 44.0 Å². The standard InChI is InChI=1S/C16H13N4O2S.Y/c21-16(18-22)12-5-4-6-14(9-12)20-10-13(17-19-20)11-23-15-7-2-1-3-8-15;/h1-2,4-10,22H,11H2,(H,18,21);/q-1;. The minimum Gasteiger partial charge on any atom is -0.288 e. The van der Waals surface area contributed by atoms with Crippen LogP contribution in [0.2, 0.25) is 0 Å². The van der Waals surface area contributed by atoms with E-state index in [0.717, 1.165) is 10.6 Å². The number of amides is 1. The Hall–Kier alpha value is -1.54. The van der Waals surface area contributed by atoms with Crippen LogP contribution in [-0.2, 0) is 38.5 Å². The second-order valence-electron chi connectivity index (χ2n) is 4.67. The molecule has 0 aliphatic rings. The molecule has 0 fully saturated rings. The summed E-state index contributed by atoms with van der Waals surface area (Å²) in [5, 5.41) is 16.9. The third-order valence-corrected chi connectivity index (χ3v) is 4.11. The Morgan fingerprint density at radius 3 is 2.96 bits per heavy atom. The van der Waals surface area contributed by atoms with Crippen molar-refractivity contribution >= 4 is 17.7 Å². The monoisotopic (exact) mass is 414 g/mol. The molecule has 0 bridgehead atoms. The third-order valence-electron chi connectivity index (χ3n) is 3.08. The van der Waals surface area contributed by atoms with Crippen molar-refractivity contribution in [2.24, 2.45) is 0 Å². The number of hydroxylamine groups is 1. The van der Waals surface area contributed by atoms with Gasteiger partial charge in [-0.25, -0.2) is 10.2 Å². The summed E-state index contributed by atoms with van der Waals surface area (Å²) in [6, 6.07) is 17.5. The number of carbonyl (C=O) groups excluding carboxylic acids is 1. The molecule has 0 saturated carbocycles. The summed E-state index contributed by atoms with van der Waals surface area (Å²) in [6.07, 6.45) is 1.82. The molecular formula is C16H13N4O2SY-. The SMILES string of the molecule is O=C(NO)c1cccc(-n2cc(CSc3c[c-]ccc3)nn2)c1.[Y]. The number of thioether (sulfide) groups is 1. The van der Waals surface area contributed by atoms with Crippen LogP contribution in [-0.4, -0.2) is 26.1 Å². The van der Waals surface area contributed by atoms with Gasteiger partial charge in [-0.15, -0.1) is 9.99 Å². The van der Waals surface area contributed by atoms with Crippen molar-refractivity contribution in [2.75, 3.05) is 0 Å². The summed E-state index contributed by atoms with van der Waals surface area (Å²) >= 11 is 1.65. The Morgan fingerprint density at radius 2 is 2.21 bits per heavy atom. The predicted molar refractivity (Wildman–Crippen MR) is 85.5 cm³/mol. The fourth-order valence-electron chi connectivity index (χ4n) is 1.97. The molecule has 8 heteroatoms. The second kappa shape index (κ2) is 9.08. The summed E-state index contributed by atoms with van der Waals surface area (Å²) in [5.41, 5.74) is 3.48. The van der Waals surface area contributed by atoms with E-state index in [9.17, 15) is 4.79 Å². The molecule has 1 amide bonds. The first-order valence-electron chi connectivity index (χ1n) is 6.81. The first-order valence-corrected chi connectivity index (χ1v) is 7.80. The van der Waals surface area contributed by atoms with E-state index in [2.05, 4.69) is 16.4 Å². The molecule has 119 valence electrons. The molecule has 1 radical (unpaired) electrons. The van der Waals surface area contributed by atoms with Gasteiger partial charge < -0.3 is 0 Å². The van der Waals surface area contributed by atoms with Crippen LogP contribution in [0.1, 0.15) is 16.1 Å². The van der Waals surface area contributed by atoms with Crippen molar-refractivity contribution in [3.05, 3.63) is 72.1 Å². The first-order chi connectivity index (χ1) is 11.3. The minimum absolute atomic E-state index is 0. The number of aromatic nitrogens is 3. The summed E-state index contributed by atoms with van der Waals surface area (Å²) in [6.45, 7) is 0. The number of benzene rings is 2. The smallest absolute Gasteiger partial charge is 0.274 e. The van der Waals surface area contributed by atoms with Crippen LogP contribution < -0.4 is 5.48 Å². The van der Waals surface area contributed by atoms with Crippen molar-refractivity contribution in [2.45, 2.75) is 10.6 Å². The summed E-state index contributed by atoms with van der Waals surface area (Å²) < 4.78 is 1.60. The third kappa shape index (κ3) is 4.73. The van der Waals surface area contributed by atoms with E-state index < -0.39 is 5.91 Å². The average molecular weight is 414 g/mol. The van der Waals surface area contributed by atoms with Gasteiger partial charge in [-0.05, 0) is 18.2 Å². The molecule has 0 aliphatic heterocycles. The van der Waals surface area contributed by atoms with Crippen molar-refractivity contribution in [1.29, 1.82) is 0 Å². The van der Waals surface area contributed by atoms with E-state index in [4.69, 9.17) is 5.21 Å². The first kappa shape index (κ1) is 18.8. The van der Waals surface area contributed by atoms with Gasteiger partial charge in [-0.2, -0.15) is 42.1 Å². The molecule has 0 aliphatic carbocycles. The quantitative estimate of drug-likeness (QED) is 0.290. The molecule has 0 unspecified atom stereocenters. The Kier molecular flexibility index (Phi) is 7.11. The normalized spacial score (nSPS) is 10.0. The summed E-state index contributed by atoms with van der Waals surface area (Å²) in [4.78, 5) is 12.6. The van der Waals surface area contributed by atoms with Gasteiger partial charge in [-0.1, -0.05) is 11.3 Å². The van der Waals surface area contributed by atoms with Crippen LogP contribution in [0.3, 0.4) is 0 Å². The molecule has 3 rings (SSSR count). The van der Waals surface area contributed by atoms with Crippen LogP contribution in [0, 0.1) is 6.07 Å². The number of nitrogens with one attached hydrogen (secondary N) is 1. The largest absolute Gasteiger partial charge is 0.288 e. The van der Waals surface area contributed by atoms with E-state index in [0.29, 0.717) is 17.0 Å². The topological polar surface area (TPSA) is 80.0 Å². The molecule has 0 saturated heterocycles. The Labute approximate surface area is 168 Å². The van der Waals surface area contributed by atoms with Gasteiger partial charge in [0.25, 0.3) is 5.91 Å². The molecule has 0 spiro atoms. The number of nitrogens with zero attached hydrogens (tertiary/aromatic N) is 3. The van der Waals surface area contributed by atoms with E-state index >= 15 is 0 Å². The van der Waals surface area contributed by atoms with Crippen LogP contribution in [0.4, 0.5) is 0 Å². The maximum absolute atomic E-state index is 11.4. The minimum atomic E-state index is -0.567. The molecule has 2 aromatic carbocycles. The fraction of sp³-hybridized carbons (Fsp3) is 0.0625. The number of hydrogen-bond donors (Lipinski definition) is 2. The molecule has 1 aromatic heterocycles. The van der Waals surface area contributed by atoms with Crippen molar-refractivity contribution in [3.8, 4) is 5.69 Å². The van der Waals surface area contributed by atoms with Crippen LogP contribution in [0.25, 0.3) is 5.69 Å². The molecule has 0 atom stereocenters.